The Morgan fingerprint density at radius 3 is 2.83 bits per heavy atom. The van der Waals surface area contributed by atoms with Gasteiger partial charge in [0.15, 0.2) is 0 Å². The minimum Gasteiger partial charge on any atom is -0.496 e. The smallest absolute Gasteiger partial charge is 0.410 e. The Bertz CT molecular complexity index is 1390. The number of rotatable bonds is 6. The zero-order valence-corrected chi connectivity index (χ0v) is 21.1. The lowest BCUT2D eigenvalue weighted by molar-refractivity contribution is 0.0950. The summed E-state index contributed by atoms with van der Waals surface area (Å²) in [5.41, 5.74) is 3.29. The highest BCUT2D eigenvalue weighted by Gasteiger charge is 2.40. The van der Waals surface area contributed by atoms with E-state index < -0.39 is 0 Å². The number of ether oxygens (including phenoxy) is 2. The van der Waals surface area contributed by atoms with Crippen LogP contribution >= 0.6 is 0 Å². The standard InChI is InChI=1S/C27H32N4O5/c1-15-11-23(35-4)21(25(32)29-15)13-28-26(33)24-17(3)31(22-8-6-5-7-20(22)24)16(2)18-9-10-30-19(12-18)14-36-27(30)34/h5-8,11,16,18-19H,9-10,12-14H2,1-4H3,(H,28,33)(H,29,32). The van der Waals surface area contributed by atoms with Crippen molar-refractivity contribution in [3.05, 3.63) is 63.2 Å². The molecular formula is C27H32N4O5. The highest BCUT2D eigenvalue weighted by atomic mass is 16.6. The van der Waals surface area contributed by atoms with Gasteiger partial charge in [-0.1, -0.05) is 18.2 Å². The minimum absolute atomic E-state index is 0.0558. The average molecular weight is 493 g/mol. The number of cyclic esters (lactones) is 1. The Morgan fingerprint density at radius 1 is 1.28 bits per heavy atom. The number of H-pyrrole nitrogens is 1. The maximum Gasteiger partial charge on any atom is 0.410 e. The van der Waals surface area contributed by atoms with Crippen LogP contribution in [0.25, 0.3) is 10.9 Å². The topological polar surface area (TPSA) is 106 Å². The van der Waals surface area contributed by atoms with Crippen LogP contribution in [0.4, 0.5) is 4.79 Å². The molecule has 190 valence electrons. The highest BCUT2D eigenvalue weighted by molar-refractivity contribution is 6.08. The number of piperidine rings is 1. The van der Waals surface area contributed by atoms with Gasteiger partial charge in [0.1, 0.15) is 12.4 Å². The van der Waals surface area contributed by atoms with Gasteiger partial charge in [-0.3, -0.25) is 9.59 Å². The van der Waals surface area contributed by atoms with Gasteiger partial charge in [-0.2, -0.15) is 0 Å². The van der Waals surface area contributed by atoms with E-state index in [0.717, 1.165) is 29.4 Å². The molecule has 2 saturated heterocycles. The normalized spacial score (nSPS) is 20.2. The molecule has 0 radical (unpaired) electrons. The van der Waals surface area contributed by atoms with Gasteiger partial charge < -0.3 is 29.2 Å². The summed E-state index contributed by atoms with van der Waals surface area (Å²) in [6.07, 6.45) is 1.55. The van der Waals surface area contributed by atoms with Crippen molar-refractivity contribution in [1.29, 1.82) is 0 Å². The van der Waals surface area contributed by atoms with E-state index >= 15 is 0 Å². The second-order valence-electron chi connectivity index (χ2n) is 9.81. The molecule has 0 spiro atoms. The molecule has 9 nitrogen and oxygen atoms in total. The fourth-order valence-electron chi connectivity index (χ4n) is 5.88. The molecule has 1 aromatic carbocycles. The summed E-state index contributed by atoms with van der Waals surface area (Å²) in [7, 11) is 1.51. The van der Waals surface area contributed by atoms with Crippen molar-refractivity contribution in [1.82, 2.24) is 19.8 Å². The van der Waals surface area contributed by atoms with Crippen molar-refractivity contribution in [3.63, 3.8) is 0 Å². The molecule has 0 bridgehead atoms. The van der Waals surface area contributed by atoms with Crippen molar-refractivity contribution in [2.24, 2.45) is 5.92 Å². The number of methoxy groups -OCH3 is 1. The molecular weight excluding hydrogens is 460 g/mol. The molecule has 3 unspecified atom stereocenters. The van der Waals surface area contributed by atoms with E-state index in [1.165, 1.54) is 7.11 Å². The molecule has 5 rings (SSSR count). The number of amides is 2. The van der Waals surface area contributed by atoms with E-state index in [4.69, 9.17) is 9.47 Å². The quantitative estimate of drug-likeness (QED) is 0.546. The van der Waals surface area contributed by atoms with Crippen LogP contribution < -0.4 is 15.6 Å². The van der Waals surface area contributed by atoms with E-state index in [0.29, 0.717) is 41.6 Å². The third kappa shape index (κ3) is 4.02. The van der Waals surface area contributed by atoms with Crippen LogP contribution in [0.5, 0.6) is 5.75 Å². The molecule has 2 N–H and O–H groups in total. The number of aromatic nitrogens is 2. The molecule has 0 saturated carbocycles. The predicted octanol–water partition coefficient (Wildman–Crippen LogP) is 3.68. The summed E-state index contributed by atoms with van der Waals surface area (Å²) in [5.74, 6) is 0.563. The first-order chi connectivity index (χ1) is 17.3. The van der Waals surface area contributed by atoms with Crippen molar-refractivity contribution in [2.75, 3.05) is 20.3 Å². The van der Waals surface area contributed by atoms with Gasteiger partial charge in [-0.15, -0.1) is 0 Å². The Balaban J connectivity index is 1.44. The number of carbonyl (C=O) groups is 2. The number of hydrogen-bond donors (Lipinski definition) is 2. The highest BCUT2D eigenvalue weighted by Crippen LogP contribution is 2.38. The molecule has 2 aliphatic rings. The summed E-state index contributed by atoms with van der Waals surface area (Å²) in [4.78, 5) is 42.5. The maximum absolute atomic E-state index is 13.5. The summed E-state index contributed by atoms with van der Waals surface area (Å²) >= 11 is 0. The fourth-order valence-corrected chi connectivity index (χ4v) is 5.88. The van der Waals surface area contributed by atoms with Crippen molar-refractivity contribution in [2.45, 2.75) is 52.2 Å². The van der Waals surface area contributed by atoms with E-state index in [2.05, 4.69) is 21.8 Å². The second kappa shape index (κ2) is 9.37. The first kappa shape index (κ1) is 24.0. The number of pyridine rings is 1. The van der Waals surface area contributed by atoms with Gasteiger partial charge in [0.05, 0.1) is 30.8 Å². The van der Waals surface area contributed by atoms with E-state index in [1.54, 1.807) is 13.0 Å². The number of aryl methyl sites for hydroxylation is 1. The van der Waals surface area contributed by atoms with Crippen LogP contribution in [0.3, 0.4) is 0 Å². The Morgan fingerprint density at radius 2 is 2.06 bits per heavy atom. The number of aromatic amines is 1. The minimum atomic E-state index is -0.277. The van der Waals surface area contributed by atoms with Crippen LogP contribution in [0.1, 0.15) is 53.1 Å². The lowest BCUT2D eigenvalue weighted by atomic mass is 9.86. The molecule has 3 atom stereocenters. The number of nitrogens with zero attached hydrogens (tertiary/aromatic N) is 2. The first-order valence-corrected chi connectivity index (χ1v) is 12.4. The lowest BCUT2D eigenvalue weighted by Crippen LogP contribution is -2.42. The molecule has 4 heterocycles. The van der Waals surface area contributed by atoms with Gasteiger partial charge in [0.25, 0.3) is 11.5 Å². The van der Waals surface area contributed by atoms with Gasteiger partial charge in [0.2, 0.25) is 0 Å². The summed E-state index contributed by atoms with van der Waals surface area (Å²) in [6.45, 7) is 7.14. The van der Waals surface area contributed by atoms with E-state index in [1.807, 2.05) is 36.1 Å². The molecule has 2 aromatic heterocycles. The monoisotopic (exact) mass is 492 g/mol. The number of hydrogen-bond acceptors (Lipinski definition) is 5. The number of carbonyl (C=O) groups excluding carboxylic acids is 2. The van der Waals surface area contributed by atoms with Crippen LogP contribution in [-0.2, 0) is 11.3 Å². The molecule has 36 heavy (non-hydrogen) atoms. The number of fused-ring (bicyclic) bond motifs is 2. The Labute approximate surface area is 209 Å². The number of para-hydroxylation sites is 1. The zero-order valence-electron chi connectivity index (χ0n) is 21.1. The largest absolute Gasteiger partial charge is 0.496 e. The summed E-state index contributed by atoms with van der Waals surface area (Å²) in [5, 5.41) is 3.81. The van der Waals surface area contributed by atoms with Crippen LogP contribution in [0.2, 0.25) is 0 Å². The molecule has 9 heteroatoms. The van der Waals surface area contributed by atoms with Gasteiger partial charge in [0, 0.05) is 34.9 Å². The Hall–Kier alpha value is -3.75. The van der Waals surface area contributed by atoms with Crippen molar-refractivity contribution < 1.29 is 19.1 Å². The zero-order chi connectivity index (χ0) is 25.6. The van der Waals surface area contributed by atoms with Crippen molar-refractivity contribution in [3.8, 4) is 5.75 Å². The number of benzene rings is 1. The third-order valence-corrected chi connectivity index (χ3v) is 7.74. The van der Waals surface area contributed by atoms with Crippen molar-refractivity contribution >= 4 is 22.9 Å². The Kier molecular flexibility index (Phi) is 6.24. The second-order valence-corrected chi connectivity index (χ2v) is 9.81. The molecule has 2 fully saturated rings. The fraction of sp³-hybridized carbons (Fsp3) is 0.444. The van der Waals surface area contributed by atoms with Gasteiger partial charge >= 0.3 is 6.09 Å². The molecule has 2 aliphatic heterocycles. The van der Waals surface area contributed by atoms with Crippen LogP contribution in [0.15, 0.2) is 35.1 Å². The number of nitrogens with one attached hydrogen (secondary N) is 2. The lowest BCUT2D eigenvalue weighted by Gasteiger charge is -2.36. The predicted molar refractivity (Wildman–Crippen MR) is 135 cm³/mol. The average Bonchev–Trinajstić information content (AvgIpc) is 3.38. The first-order valence-electron chi connectivity index (χ1n) is 12.4. The van der Waals surface area contributed by atoms with Crippen LogP contribution in [0, 0.1) is 19.8 Å². The van der Waals surface area contributed by atoms with Crippen LogP contribution in [-0.4, -0.2) is 52.8 Å². The molecule has 2 amide bonds. The van der Waals surface area contributed by atoms with Gasteiger partial charge in [-0.05, 0) is 51.7 Å². The SMILES string of the molecule is COc1cc(C)[nH]c(=O)c1CNC(=O)c1c(C)n(C(C)C2CCN3C(=O)OCC3C2)c2ccccc12. The van der Waals surface area contributed by atoms with E-state index in [-0.39, 0.29) is 36.2 Å². The van der Waals surface area contributed by atoms with Gasteiger partial charge in [-0.25, -0.2) is 4.79 Å². The summed E-state index contributed by atoms with van der Waals surface area (Å²) in [6, 6.07) is 9.92. The van der Waals surface area contributed by atoms with E-state index in [9.17, 15) is 14.4 Å². The summed E-state index contributed by atoms with van der Waals surface area (Å²) < 4.78 is 12.9. The maximum atomic E-state index is 13.5. The molecule has 0 aliphatic carbocycles. The third-order valence-electron chi connectivity index (χ3n) is 7.74. The molecule has 3 aromatic rings.